The number of methoxy groups -OCH3 is 1. The van der Waals surface area contributed by atoms with Crippen molar-refractivity contribution in [1.29, 1.82) is 0 Å². The van der Waals surface area contributed by atoms with Gasteiger partial charge in [-0.05, 0) is 54.0 Å². The predicted molar refractivity (Wildman–Crippen MR) is 113 cm³/mol. The van der Waals surface area contributed by atoms with Crippen LogP contribution in [0.5, 0.6) is 11.5 Å². The van der Waals surface area contributed by atoms with E-state index in [1.165, 1.54) is 4.68 Å². The maximum atomic E-state index is 12.8. The van der Waals surface area contributed by atoms with Crippen molar-refractivity contribution >= 4 is 24.3 Å². The number of hydrogen-bond donors (Lipinski definition) is 1. The zero-order chi connectivity index (χ0) is 20.3. The zero-order valence-corrected chi connectivity index (χ0v) is 16.9. The summed E-state index contributed by atoms with van der Waals surface area (Å²) in [4.78, 5) is 12.8. The first-order valence-electron chi connectivity index (χ1n) is 8.97. The molecule has 1 heterocycles. The lowest BCUT2D eigenvalue weighted by molar-refractivity contribution is 0.257. The highest BCUT2D eigenvalue weighted by Gasteiger charge is 2.08. The van der Waals surface area contributed by atoms with E-state index >= 15 is 0 Å². The second kappa shape index (κ2) is 8.40. The number of aromatic nitrogens is 2. The van der Waals surface area contributed by atoms with Crippen molar-refractivity contribution in [2.75, 3.05) is 13.7 Å². The minimum Gasteiger partial charge on any atom is -0.493 e. The Hall–Kier alpha value is -2.92. The lowest BCUT2D eigenvalue weighted by Crippen LogP contribution is -2.33. The summed E-state index contributed by atoms with van der Waals surface area (Å²) in [5.41, 5.74) is 1.32. The number of aromatic amines is 1. The molecule has 0 bridgehead atoms. The van der Waals surface area contributed by atoms with Crippen molar-refractivity contribution in [3.05, 3.63) is 74.0 Å². The van der Waals surface area contributed by atoms with Gasteiger partial charge in [0.2, 0.25) is 0 Å². The van der Waals surface area contributed by atoms with Gasteiger partial charge in [-0.15, -0.1) is 0 Å². The Kier molecular flexibility index (Phi) is 5.95. The van der Waals surface area contributed by atoms with E-state index < -0.39 is 0 Å². The molecular weight excluding hydrogens is 376 g/mol. The third-order valence-electron chi connectivity index (χ3n) is 4.16. The Morgan fingerprint density at radius 1 is 1.18 bits per heavy atom. The average Bonchev–Trinajstić information content (AvgIpc) is 2.95. The number of halogens is 1. The van der Waals surface area contributed by atoms with Crippen molar-refractivity contribution in [3.8, 4) is 17.2 Å². The van der Waals surface area contributed by atoms with Crippen LogP contribution in [0.4, 0.5) is 0 Å². The Balaban J connectivity index is 2.01. The van der Waals surface area contributed by atoms with Crippen LogP contribution in [0.1, 0.15) is 19.4 Å². The van der Waals surface area contributed by atoms with Crippen LogP contribution in [0.2, 0.25) is 5.02 Å². The van der Waals surface area contributed by atoms with Gasteiger partial charge in [0, 0.05) is 5.02 Å². The minimum atomic E-state index is -0.188. The molecule has 2 aromatic carbocycles. The highest BCUT2D eigenvalue weighted by atomic mass is 35.5. The normalized spacial score (nSPS) is 11.8. The average molecular weight is 399 g/mol. The molecule has 0 spiro atoms. The molecule has 146 valence electrons. The van der Waals surface area contributed by atoms with Gasteiger partial charge in [0.05, 0.1) is 30.0 Å². The first kappa shape index (κ1) is 19.8. The number of H-pyrrole nitrogens is 1. The molecule has 5 nitrogen and oxygen atoms in total. The van der Waals surface area contributed by atoms with Crippen molar-refractivity contribution in [3.63, 3.8) is 0 Å². The van der Waals surface area contributed by atoms with Crippen LogP contribution in [0.25, 0.3) is 18.3 Å². The highest BCUT2D eigenvalue weighted by molar-refractivity contribution is 6.30. The van der Waals surface area contributed by atoms with E-state index in [9.17, 15) is 4.79 Å². The van der Waals surface area contributed by atoms with Crippen LogP contribution in [-0.2, 0) is 0 Å². The molecule has 28 heavy (non-hydrogen) atoms. The number of benzene rings is 2. The summed E-state index contributed by atoms with van der Waals surface area (Å²) in [6.45, 7) is 8.73. The molecule has 1 N–H and O–H groups in total. The second-order valence-electron chi connectivity index (χ2n) is 6.88. The number of rotatable bonds is 6. The van der Waals surface area contributed by atoms with Gasteiger partial charge >= 0.3 is 0 Å². The molecule has 1 aromatic heterocycles. The summed E-state index contributed by atoms with van der Waals surface area (Å²) in [7, 11) is 1.60. The lowest BCUT2D eigenvalue weighted by Gasteiger charge is -2.12. The van der Waals surface area contributed by atoms with Gasteiger partial charge in [0.25, 0.3) is 5.56 Å². The molecule has 0 aliphatic heterocycles. The highest BCUT2D eigenvalue weighted by Crippen LogP contribution is 2.28. The Labute approximate surface area is 168 Å². The van der Waals surface area contributed by atoms with Crippen molar-refractivity contribution < 1.29 is 9.47 Å². The van der Waals surface area contributed by atoms with Crippen LogP contribution < -0.4 is 25.6 Å². The number of nitrogens with one attached hydrogen (secondary N) is 1. The van der Waals surface area contributed by atoms with E-state index in [1.807, 2.05) is 18.2 Å². The van der Waals surface area contributed by atoms with Gasteiger partial charge < -0.3 is 9.47 Å². The topological polar surface area (TPSA) is 56.2 Å². The predicted octanol–water partition coefficient (Wildman–Crippen LogP) is 3.10. The summed E-state index contributed by atoms with van der Waals surface area (Å²) in [5, 5.41) is 4.62. The van der Waals surface area contributed by atoms with Crippen molar-refractivity contribution in [1.82, 2.24) is 9.78 Å². The van der Waals surface area contributed by atoms with Crippen LogP contribution >= 0.6 is 11.6 Å². The molecule has 0 unspecified atom stereocenters. The number of ether oxygens (including phenoxy) is 2. The molecule has 0 saturated heterocycles. The van der Waals surface area contributed by atoms with Crippen molar-refractivity contribution in [2.24, 2.45) is 5.92 Å². The summed E-state index contributed by atoms with van der Waals surface area (Å²) < 4.78 is 12.7. The molecule has 0 atom stereocenters. The lowest BCUT2D eigenvalue weighted by atomic mass is 10.1. The van der Waals surface area contributed by atoms with Gasteiger partial charge in [-0.3, -0.25) is 9.89 Å². The molecule has 6 heteroatoms. The van der Waals surface area contributed by atoms with Crippen LogP contribution in [-0.4, -0.2) is 23.5 Å². The molecule has 0 fully saturated rings. The molecule has 0 aliphatic rings. The summed E-state index contributed by atoms with van der Waals surface area (Å²) >= 11 is 5.93. The zero-order valence-electron chi connectivity index (χ0n) is 16.2. The van der Waals surface area contributed by atoms with Gasteiger partial charge in [-0.2, -0.15) is 0 Å². The summed E-state index contributed by atoms with van der Waals surface area (Å²) in [6.07, 6.45) is 1.78. The fraction of sp³-hybridized carbons (Fsp3) is 0.227. The molecular formula is C22H23ClN2O3. The first-order chi connectivity index (χ1) is 13.4. The molecule has 3 rings (SSSR count). The standard InChI is InChI=1S/C22H23ClN2O3/c1-14(2)13-28-20-10-5-16(12-21(20)27-4)11-19-15(3)24-25(22(19)26)18-8-6-17(23)7-9-18/h5-12,14,24H,3,13H2,1-2,4H3/b19-11+. The largest absolute Gasteiger partial charge is 0.493 e. The van der Waals surface area contributed by atoms with Crippen LogP contribution in [0.15, 0.2) is 47.3 Å². The van der Waals surface area contributed by atoms with E-state index in [0.717, 1.165) is 5.56 Å². The molecule has 0 aliphatic carbocycles. The van der Waals surface area contributed by atoms with Gasteiger partial charge in [0.15, 0.2) is 11.5 Å². The fourth-order valence-electron chi connectivity index (χ4n) is 2.73. The van der Waals surface area contributed by atoms with Crippen LogP contribution in [0, 0.1) is 5.92 Å². The van der Waals surface area contributed by atoms with Crippen LogP contribution in [0.3, 0.4) is 0 Å². The van der Waals surface area contributed by atoms with E-state index in [0.29, 0.717) is 45.3 Å². The number of nitrogens with zero attached hydrogens (tertiary/aromatic N) is 1. The number of hydrogen-bond acceptors (Lipinski definition) is 3. The maximum Gasteiger partial charge on any atom is 0.279 e. The maximum absolute atomic E-state index is 12.8. The Morgan fingerprint density at radius 3 is 2.54 bits per heavy atom. The SMILES string of the molecule is C=c1[nH]n(-c2ccc(Cl)cc2)c(=O)/c1=C/c1ccc(OCC(C)C)c(OC)c1. The molecule has 0 amide bonds. The molecule has 3 aromatic rings. The molecule has 0 saturated carbocycles. The van der Waals surface area contributed by atoms with Gasteiger partial charge in [0.1, 0.15) is 0 Å². The molecule has 0 radical (unpaired) electrons. The Bertz CT molecular complexity index is 1130. The smallest absolute Gasteiger partial charge is 0.279 e. The van der Waals surface area contributed by atoms with E-state index in [2.05, 4.69) is 25.5 Å². The van der Waals surface area contributed by atoms with E-state index in [1.54, 1.807) is 37.5 Å². The monoisotopic (exact) mass is 398 g/mol. The third-order valence-corrected chi connectivity index (χ3v) is 4.41. The first-order valence-corrected chi connectivity index (χ1v) is 9.35. The van der Waals surface area contributed by atoms with Crippen molar-refractivity contribution in [2.45, 2.75) is 13.8 Å². The third kappa shape index (κ3) is 4.31. The summed E-state index contributed by atoms with van der Waals surface area (Å²) in [5.74, 6) is 1.71. The fourth-order valence-corrected chi connectivity index (χ4v) is 2.86. The minimum absolute atomic E-state index is 0.188. The van der Waals surface area contributed by atoms with Gasteiger partial charge in [-0.25, -0.2) is 4.68 Å². The Morgan fingerprint density at radius 2 is 1.89 bits per heavy atom. The van der Waals surface area contributed by atoms with E-state index in [4.69, 9.17) is 21.1 Å². The second-order valence-corrected chi connectivity index (χ2v) is 7.32. The summed E-state index contributed by atoms with van der Waals surface area (Å²) in [6, 6.07) is 12.6. The van der Waals surface area contributed by atoms with E-state index in [-0.39, 0.29) is 5.56 Å². The van der Waals surface area contributed by atoms with Gasteiger partial charge in [-0.1, -0.05) is 38.1 Å². The quantitative estimate of drug-likeness (QED) is 0.694.